The molecule has 4 nitrogen and oxygen atoms in total. The number of rotatable bonds is 5. The normalized spacial score (nSPS) is 11.4. The number of hydrogen-bond acceptors (Lipinski definition) is 5. The molecule has 2 rings (SSSR count). The van der Waals surface area contributed by atoms with Gasteiger partial charge >= 0.3 is 0 Å². The maximum atomic E-state index is 8.79. The topological polar surface area (TPSA) is 51.0 Å². The van der Waals surface area contributed by atoms with Crippen molar-refractivity contribution in [3.63, 3.8) is 0 Å². The molecule has 0 saturated heterocycles. The summed E-state index contributed by atoms with van der Waals surface area (Å²) >= 11 is 5.10. The van der Waals surface area contributed by atoms with Crippen molar-refractivity contribution < 1.29 is 14.7 Å². The van der Waals surface area contributed by atoms with E-state index in [1.807, 2.05) is 23.6 Å². The molecule has 0 atom stereocenters. The number of nitrogens with zero attached hydrogens (tertiary/aromatic N) is 1. The van der Waals surface area contributed by atoms with E-state index in [0.717, 1.165) is 14.9 Å². The van der Waals surface area contributed by atoms with Gasteiger partial charge in [-0.2, -0.15) is 0 Å². The summed E-state index contributed by atoms with van der Waals surface area (Å²) in [7, 11) is 1.58. The maximum absolute atomic E-state index is 8.79. The molecule has 1 aromatic heterocycles. The summed E-state index contributed by atoms with van der Waals surface area (Å²) in [6, 6.07) is 7.42. The van der Waals surface area contributed by atoms with Crippen molar-refractivity contribution in [3.05, 3.63) is 44.6 Å². The van der Waals surface area contributed by atoms with E-state index >= 15 is 0 Å². The molecule has 0 radical (unpaired) electrons. The van der Waals surface area contributed by atoms with E-state index in [9.17, 15) is 0 Å². The summed E-state index contributed by atoms with van der Waals surface area (Å²) in [5.41, 5.74) is 1.31. The fraction of sp³-hybridized carbons (Fsp3) is 0.214. The fourth-order valence-electron chi connectivity index (χ4n) is 1.64. The maximum Gasteiger partial charge on any atom is 0.161 e. The molecule has 0 bridgehead atoms. The predicted molar refractivity (Wildman–Crippen MR) is 83.3 cm³/mol. The lowest BCUT2D eigenvalue weighted by Gasteiger charge is -2.11. The number of hydrogen-bond donors (Lipinski definition) is 1. The van der Waals surface area contributed by atoms with Gasteiger partial charge in [-0.1, -0.05) is 5.16 Å². The first-order valence-electron chi connectivity index (χ1n) is 5.87. The van der Waals surface area contributed by atoms with Crippen LogP contribution >= 0.6 is 27.3 Å². The minimum absolute atomic E-state index is 0.473. The molecule has 0 aliphatic rings. The monoisotopic (exact) mass is 355 g/mol. The largest absolute Gasteiger partial charge is 0.493 e. The predicted octanol–water partition coefficient (Wildman–Crippen LogP) is 4.30. The van der Waals surface area contributed by atoms with Crippen LogP contribution in [-0.2, 0) is 6.61 Å². The number of ether oxygens (including phenoxy) is 2. The Hall–Kier alpha value is -1.53. The van der Waals surface area contributed by atoms with Crippen LogP contribution in [0.3, 0.4) is 0 Å². The summed E-state index contributed by atoms with van der Waals surface area (Å²) in [5.74, 6) is 1.26. The summed E-state index contributed by atoms with van der Waals surface area (Å²) in [5, 5.41) is 14.0. The Balaban J connectivity index is 2.18. The number of halogens is 1. The Morgan fingerprint density at radius 2 is 2.15 bits per heavy atom. The Bertz CT molecular complexity index is 625. The second-order valence-corrected chi connectivity index (χ2v) is 5.89. The fourth-order valence-corrected chi connectivity index (χ4v) is 3.02. The van der Waals surface area contributed by atoms with Gasteiger partial charge in [-0.05, 0) is 52.5 Å². The summed E-state index contributed by atoms with van der Waals surface area (Å²) in [4.78, 5) is 1.12. The van der Waals surface area contributed by atoms with Crippen LogP contribution in [0.25, 0.3) is 0 Å². The molecule has 20 heavy (non-hydrogen) atoms. The standard InChI is InChI=1S/C14H14BrNO3S/c1-9(16-17)10-3-4-12(13(7-10)18-2)19-8-14-11(15)5-6-20-14/h3-7,17H,8H2,1-2H3. The Morgan fingerprint density at radius 1 is 1.35 bits per heavy atom. The van der Waals surface area contributed by atoms with Gasteiger partial charge in [-0.25, -0.2) is 0 Å². The highest BCUT2D eigenvalue weighted by Crippen LogP contribution is 2.31. The van der Waals surface area contributed by atoms with E-state index in [-0.39, 0.29) is 0 Å². The Kier molecular flexibility index (Phi) is 5.03. The average molecular weight is 356 g/mol. The van der Waals surface area contributed by atoms with Gasteiger partial charge in [-0.3, -0.25) is 0 Å². The van der Waals surface area contributed by atoms with Crippen molar-refractivity contribution in [1.82, 2.24) is 0 Å². The number of methoxy groups -OCH3 is 1. The molecule has 1 N–H and O–H groups in total. The second-order valence-electron chi connectivity index (χ2n) is 4.03. The lowest BCUT2D eigenvalue weighted by Crippen LogP contribution is -2.00. The Labute approximate surface area is 129 Å². The minimum Gasteiger partial charge on any atom is -0.493 e. The van der Waals surface area contributed by atoms with Crippen LogP contribution in [0.2, 0.25) is 0 Å². The van der Waals surface area contributed by atoms with Gasteiger partial charge in [-0.15, -0.1) is 11.3 Å². The number of thiophene rings is 1. The second kappa shape index (κ2) is 6.76. The van der Waals surface area contributed by atoms with Crippen molar-refractivity contribution >= 4 is 33.0 Å². The van der Waals surface area contributed by atoms with Crippen LogP contribution in [0.4, 0.5) is 0 Å². The van der Waals surface area contributed by atoms with E-state index < -0.39 is 0 Å². The molecule has 0 unspecified atom stereocenters. The lowest BCUT2D eigenvalue weighted by molar-refractivity contribution is 0.286. The molecule has 0 amide bonds. The van der Waals surface area contributed by atoms with E-state index in [2.05, 4.69) is 21.1 Å². The molecule has 0 aliphatic heterocycles. The van der Waals surface area contributed by atoms with Crippen molar-refractivity contribution in [1.29, 1.82) is 0 Å². The third kappa shape index (κ3) is 3.32. The highest BCUT2D eigenvalue weighted by atomic mass is 79.9. The van der Waals surface area contributed by atoms with Crippen molar-refractivity contribution in [3.8, 4) is 11.5 Å². The SMILES string of the molecule is COc1cc(C(C)=NO)ccc1OCc1sccc1Br. The zero-order valence-electron chi connectivity index (χ0n) is 11.1. The molecule has 0 aliphatic carbocycles. The molecular formula is C14H14BrNO3S. The first-order valence-corrected chi connectivity index (χ1v) is 7.54. The van der Waals surface area contributed by atoms with Crippen molar-refractivity contribution in [2.75, 3.05) is 7.11 Å². The van der Waals surface area contributed by atoms with Gasteiger partial charge < -0.3 is 14.7 Å². The number of benzene rings is 1. The molecule has 0 fully saturated rings. The van der Waals surface area contributed by atoms with E-state index in [1.165, 1.54) is 0 Å². The van der Waals surface area contributed by atoms with Crippen LogP contribution in [0.5, 0.6) is 11.5 Å². The van der Waals surface area contributed by atoms with Gasteiger partial charge in [0.15, 0.2) is 11.5 Å². The van der Waals surface area contributed by atoms with Crippen LogP contribution in [0.1, 0.15) is 17.4 Å². The van der Waals surface area contributed by atoms with Gasteiger partial charge in [0.2, 0.25) is 0 Å². The molecule has 1 heterocycles. The van der Waals surface area contributed by atoms with Gasteiger partial charge in [0.25, 0.3) is 0 Å². The van der Waals surface area contributed by atoms with Crippen LogP contribution in [-0.4, -0.2) is 18.0 Å². The first kappa shape index (κ1) is 14.9. The summed E-state index contributed by atoms with van der Waals surface area (Å²) in [6.07, 6.45) is 0. The first-order chi connectivity index (χ1) is 9.65. The number of oxime groups is 1. The van der Waals surface area contributed by atoms with E-state index in [4.69, 9.17) is 14.7 Å². The van der Waals surface area contributed by atoms with Crippen molar-refractivity contribution in [2.45, 2.75) is 13.5 Å². The molecule has 106 valence electrons. The molecule has 1 aromatic carbocycles. The third-order valence-electron chi connectivity index (χ3n) is 2.78. The zero-order chi connectivity index (χ0) is 14.5. The third-order valence-corrected chi connectivity index (χ3v) is 4.68. The minimum atomic E-state index is 0.473. The van der Waals surface area contributed by atoms with Crippen LogP contribution in [0, 0.1) is 0 Å². The van der Waals surface area contributed by atoms with Crippen molar-refractivity contribution in [2.24, 2.45) is 5.16 Å². The smallest absolute Gasteiger partial charge is 0.161 e. The molecule has 2 aromatic rings. The molecule has 6 heteroatoms. The highest BCUT2D eigenvalue weighted by Gasteiger charge is 2.09. The molecule has 0 spiro atoms. The van der Waals surface area contributed by atoms with E-state index in [0.29, 0.717) is 23.8 Å². The molecular weight excluding hydrogens is 342 g/mol. The van der Waals surface area contributed by atoms with Crippen LogP contribution in [0.15, 0.2) is 39.3 Å². The molecule has 0 saturated carbocycles. The van der Waals surface area contributed by atoms with Crippen LogP contribution < -0.4 is 9.47 Å². The quantitative estimate of drug-likeness (QED) is 0.494. The average Bonchev–Trinajstić information content (AvgIpc) is 2.89. The Morgan fingerprint density at radius 3 is 2.75 bits per heavy atom. The summed E-state index contributed by atoms with van der Waals surface area (Å²) in [6.45, 7) is 2.19. The van der Waals surface area contributed by atoms with Gasteiger partial charge in [0.1, 0.15) is 6.61 Å². The van der Waals surface area contributed by atoms with E-state index in [1.54, 1.807) is 31.4 Å². The zero-order valence-corrected chi connectivity index (χ0v) is 13.5. The highest BCUT2D eigenvalue weighted by molar-refractivity contribution is 9.10. The lowest BCUT2D eigenvalue weighted by atomic mass is 10.1. The van der Waals surface area contributed by atoms with Gasteiger partial charge in [0, 0.05) is 10.0 Å². The van der Waals surface area contributed by atoms with Gasteiger partial charge in [0.05, 0.1) is 17.7 Å². The summed E-state index contributed by atoms with van der Waals surface area (Å²) < 4.78 is 12.1.